The number of H-pyrrole nitrogens is 1. The molecule has 2 saturated heterocycles. The Balaban J connectivity index is 1.12. The Labute approximate surface area is 321 Å². The van der Waals surface area contributed by atoms with Crippen molar-refractivity contribution in [3.05, 3.63) is 58.5 Å². The van der Waals surface area contributed by atoms with Gasteiger partial charge in [-0.1, -0.05) is 31.0 Å². The van der Waals surface area contributed by atoms with E-state index in [1.807, 2.05) is 31.9 Å². The normalized spacial score (nSPS) is 25.6. The molecule has 0 radical (unpaired) electrons. The number of halogens is 3. The van der Waals surface area contributed by atoms with Crippen LogP contribution in [0.15, 0.2) is 30.5 Å². The molecule has 4 fully saturated rings. The van der Waals surface area contributed by atoms with Gasteiger partial charge in [-0.15, -0.1) is 0 Å². The maximum Gasteiger partial charge on any atom is 0.534 e. The van der Waals surface area contributed by atoms with Gasteiger partial charge in [-0.3, -0.25) is 4.90 Å². The highest BCUT2D eigenvalue weighted by atomic mass is 32.2. The molecule has 2 saturated carbocycles. The number of nitrogens with one attached hydrogen (secondary N) is 1. The Morgan fingerprint density at radius 3 is 2.09 bits per heavy atom. The smallest absolute Gasteiger partial charge is 0.444 e. The number of fused-ring (bicyclic) bond motifs is 4. The molecule has 1 N–H and O–H groups in total. The van der Waals surface area contributed by atoms with Crippen LogP contribution in [0.2, 0.25) is 0 Å². The van der Waals surface area contributed by atoms with Crippen molar-refractivity contribution in [2.24, 2.45) is 16.7 Å². The van der Waals surface area contributed by atoms with E-state index in [0.717, 1.165) is 117 Å². The van der Waals surface area contributed by atoms with E-state index in [2.05, 4.69) is 29.1 Å². The molecular formula is C42H51F3N4O5S. The molecule has 2 spiro atoms. The van der Waals surface area contributed by atoms with Gasteiger partial charge >= 0.3 is 21.7 Å². The Kier molecular flexibility index (Phi) is 8.56. The lowest BCUT2D eigenvalue weighted by molar-refractivity contribution is -0.0500. The van der Waals surface area contributed by atoms with Crippen LogP contribution in [0, 0.1) is 16.7 Å². The molecule has 2 unspecified atom stereocenters. The second kappa shape index (κ2) is 12.7. The summed E-state index contributed by atoms with van der Waals surface area (Å²) in [5.41, 5.74) is 1.90. The molecule has 2 aromatic carbocycles. The Hall–Kier alpha value is -3.58. The number of piperidine rings is 2. The van der Waals surface area contributed by atoms with Gasteiger partial charge in [0.25, 0.3) is 0 Å². The van der Waals surface area contributed by atoms with Crippen LogP contribution < -0.4 is 4.18 Å². The number of nitrogens with zero attached hydrogens (tertiary/aromatic N) is 3. The average Bonchev–Trinajstić information content (AvgIpc) is 3.96. The molecule has 4 aliphatic carbocycles. The highest BCUT2D eigenvalue weighted by molar-refractivity contribution is 7.88. The summed E-state index contributed by atoms with van der Waals surface area (Å²) in [6.07, 6.45) is 13.7. The number of alkyl halides is 3. The number of hydrogen-bond donors (Lipinski definition) is 1. The standard InChI is InChI=1S/C42H51F3N4O5S/c1-39(2,3)53-38(50)49-26-8-7-25(19-26)36(49)37-46-24-34(47-37)29-10-9-27(30-20-41(22-32(29)30)15-17-48(4)18-16-41)28-11-12-35(54-55(51,52)42(43,44)45)33-23-40(21-31(28)33)13-5-6-14-40/h9-12,24-26,36H,5-8,13-23H2,1-4H3,(H,46,47)/t25?,26?,36-/m0/s1. The van der Waals surface area contributed by atoms with Crippen LogP contribution in [-0.4, -0.2) is 71.6 Å². The molecule has 1 amide bonds. The maximum absolute atomic E-state index is 13.5. The zero-order chi connectivity index (χ0) is 38.7. The van der Waals surface area contributed by atoms with Crippen LogP contribution in [0.25, 0.3) is 22.4 Å². The van der Waals surface area contributed by atoms with Crippen LogP contribution in [-0.2, 0) is 40.5 Å². The molecule has 1 aromatic heterocycles. The molecule has 6 aliphatic rings. The monoisotopic (exact) mass is 780 g/mol. The summed E-state index contributed by atoms with van der Waals surface area (Å²) in [6.45, 7) is 7.69. The zero-order valence-corrected chi connectivity index (χ0v) is 33.0. The average molecular weight is 781 g/mol. The highest BCUT2D eigenvalue weighted by Gasteiger charge is 2.52. The van der Waals surface area contributed by atoms with Gasteiger partial charge in [0.1, 0.15) is 17.2 Å². The minimum atomic E-state index is -5.82. The minimum Gasteiger partial charge on any atom is -0.444 e. The first-order valence-electron chi connectivity index (χ1n) is 20.0. The van der Waals surface area contributed by atoms with Gasteiger partial charge in [0.2, 0.25) is 0 Å². The Morgan fingerprint density at radius 1 is 0.855 bits per heavy atom. The summed E-state index contributed by atoms with van der Waals surface area (Å²) in [6, 6.07) is 7.49. The summed E-state index contributed by atoms with van der Waals surface area (Å²) in [5.74, 6) is 0.892. The third-order valence-electron chi connectivity index (χ3n) is 13.9. The molecule has 3 aromatic rings. The van der Waals surface area contributed by atoms with Gasteiger partial charge in [0.05, 0.1) is 17.9 Å². The molecule has 296 valence electrons. The number of carbonyl (C=O) groups is 1. The SMILES string of the molecule is CN1CCC2(CC1)Cc1c(-c3cnc([C@@H]4C5CCC(C5)N4C(=O)OC(C)(C)C)[nH]3)ccc(-c3ccc(OS(=O)(=O)C(F)(F)F)c4c3CC3(CCCC3)C4)c1C2. The molecule has 3 atom stereocenters. The molecule has 2 aliphatic heterocycles. The van der Waals surface area contributed by atoms with Crippen molar-refractivity contribution >= 4 is 16.2 Å². The number of carbonyl (C=O) groups excluding carboxylic acids is 1. The maximum atomic E-state index is 13.5. The van der Waals surface area contributed by atoms with E-state index in [1.165, 1.54) is 17.2 Å². The van der Waals surface area contributed by atoms with Crippen molar-refractivity contribution in [3.8, 4) is 28.1 Å². The first kappa shape index (κ1) is 37.0. The molecule has 55 heavy (non-hydrogen) atoms. The lowest BCUT2D eigenvalue weighted by Gasteiger charge is -2.37. The van der Waals surface area contributed by atoms with Crippen LogP contribution >= 0.6 is 0 Å². The molecule has 2 bridgehead atoms. The van der Waals surface area contributed by atoms with Crippen molar-refractivity contribution < 1.29 is 35.3 Å². The zero-order valence-electron chi connectivity index (χ0n) is 32.2. The van der Waals surface area contributed by atoms with Gasteiger partial charge in [0, 0.05) is 17.2 Å². The lowest BCUT2D eigenvalue weighted by atomic mass is 9.75. The van der Waals surface area contributed by atoms with Crippen molar-refractivity contribution in [1.29, 1.82) is 0 Å². The first-order valence-corrected chi connectivity index (χ1v) is 21.4. The van der Waals surface area contributed by atoms with E-state index in [0.29, 0.717) is 24.3 Å². The summed E-state index contributed by atoms with van der Waals surface area (Å²) in [7, 11) is -3.65. The molecule has 13 heteroatoms. The van der Waals surface area contributed by atoms with E-state index in [1.54, 1.807) is 6.07 Å². The number of ether oxygens (including phenoxy) is 1. The summed E-state index contributed by atoms with van der Waals surface area (Å²) < 4.78 is 75.9. The predicted molar refractivity (Wildman–Crippen MR) is 202 cm³/mol. The summed E-state index contributed by atoms with van der Waals surface area (Å²) >= 11 is 0. The molecule has 9 nitrogen and oxygen atoms in total. The topological polar surface area (TPSA) is 105 Å². The molecule has 3 heterocycles. The predicted octanol–water partition coefficient (Wildman–Crippen LogP) is 8.90. The van der Waals surface area contributed by atoms with Crippen molar-refractivity contribution in [2.75, 3.05) is 20.1 Å². The second-order valence-corrected chi connectivity index (χ2v) is 20.2. The number of hydrogen-bond acceptors (Lipinski definition) is 7. The lowest BCUT2D eigenvalue weighted by Crippen LogP contribution is -2.43. The molecular weight excluding hydrogens is 730 g/mol. The summed E-state index contributed by atoms with van der Waals surface area (Å²) in [5, 5.41) is 0. The number of benzene rings is 2. The van der Waals surface area contributed by atoms with Gasteiger partial charge in [-0.2, -0.15) is 21.6 Å². The fraction of sp³-hybridized carbons (Fsp3) is 0.619. The quantitative estimate of drug-likeness (QED) is 0.204. The number of likely N-dealkylation sites (tertiary alicyclic amines) is 2. The van der Waals surface area contributed by atoms with Crippen molar-refractivity contribution in [1.82, 2.24) is 19.8 Å². The van der Waals surface area contributed by atoms with E-state index in [4.69, 9.17) is 13.9 Å². The van der Waals surface area contributed by atoms with Gasteiger partial charge in [-0.05, 0) is 162 Å². The second-order valence-electron chi connectivity index (χ2n) is 18.6. The van der Waals surface area contributed by atoms with E-state index < -0.39 is 21.2 Å². The highest BCUT2D eigenvalue weighted by Crippen LogP contribution is 2.56. The van der Waals surface area contributed by atoms with Crippen molar-refractivity contribution in [3.63, 3.8) is 0 Å². The third-order valence-corrected chi connectivity index (χ3v) is 14.8. The number of aromatic amines is 1. The number of amides is 1. The fourth-order valence-corrected chi connectivity index (χ4v) is 11.7. The van der Waals surface area contributed by atoms with Crippen LogP contribution in [0.1, 0.15) is 113 Å². The number of imidazole rings is 1. The third kappa shape index (κ3) is 6.35. The fourth-order valence-electron chi connectivity index (χ4n) is 11.3. The number of aromatic nitrogens is 2. The number of rotatable bonds is 5. The Bertz CT molecular complexity index is 2140. The van der Waals surface area contributed by atoms with Gasteiger partial charge < -0.3 is 18.8 Å². The van der Waals surface area contributed by atoms with Crippen molar-refractivity contribution in [2.45, 2.75) is 127 Å². The van der Waals surface area contributed by atoms with E-state index >= 15 is 0 Å². The van der Waals surface area contributed by atoms with E-state index in [-0.39, 0.29) is 34.8 Å². The first-order chi connectivity index (χ1) is 25.9. The van der Waals surface area contributed by atoms with Crippen LogP contribution in [0.3, 0.4) is 0 Å². The Morgan fingerprint density at radius 2 is 1.44 bits per heavy atom. The minimum absolute atomic E-state index is 0.0837. The van der Waals surface area contributed by atoms with E-state index in [9.17, 15) is 26.4 Å². The largest absolute Gasteiger partial charge is 0.534 e. The molecule has 9 rings (SSSR count). The van der Waals surface area contributed by atoms with Gasteiger partial charge in [-0.25, -0.2) is 9.78 Å². The van der Waals surface area contributed by atoms with Crippen LogP contribution in [0.5, 0.6) is 5.75 Å². The van der Waals surface area contributed by atoms with Gasteiger partial charge in [0.15, 0.2) is 0 Å². The van der Waals surface area contributed by atoms with Crippen LogP contribution in [0.4, 0.5) is 18.0 Å². The summed E-state index contributed by atoms with van der Waals surface area (Å²) in [4.78, 5) is 26.4.